The number of anilines is 2. The monoisotopic (exact) mass is 342 g/mol. The van der Waals surface area contributed by atoms with Crippen molar-refractivity contribution < 1.29 is 18.0 Å². The average Bonchev–Trinajstić information content (AvgIpc) is 2.21. The van der Waals surface area contributed by atoms with Crippen LogP contribution in [0, 0.1) is 6.92 Å². The minimum absolute atomic E-state index is 0.301. The third-order valence-corrected chi connectivity index (χ3v) is 3.18. The molecule has 3 N–H and O–H groups in total. The summed E-state index contributed by atoms with van der Waals surface area (Å²) >= 11 is 2.83. The molecule has 3 nitrogen and oxygen atoms in total. The van der Waals surface area contributed by atoms with Gasteiger partial charge in [-0.25, -0.2) is 0 Å². The second-order valence-electron chi connectivity index (χ2n) is 3.47. The molecule has 100 valence electrons. The van der Waals surface area contributed by atoms with Gasteiger partial charge in [-0.2, -0.15) is 13.2 Å². The van der Waals surface area contributed by atoms with Gasteiger partial charge in [-0.3, -0.25) is 4.79 Å². The normalized spacial score (nSPS) is 11.4. The van der Waals surface area contributed by atoms with Crippen molar-refractivity contribution in [1.82, 2.24) is 0 Å². The van der Waals surface area contributed by atoms with Crippen LogP contribution < -0.4 is 11.1 Å². The van der Waals surface area contributed by atoms with Crippen LogP contribution in [0.2, 0.25) is 0 Å². The molecule has 0 aliphatic carbocycles. The number of nitrogen functional groups attached to an aromatic ring is 1. The molecule has 1 aromatic rings. The number of hydrogen-bond acceptors (Lipinski definition) is 3. The molecule has 0 saturated carbocycles. The minimum atomic E-state index is -4.42. The molecular formula is C10H10BrF3N2OS. The number of hydrogen-bond donors (Lipinski definition) is 2. The second-order valence-corrected chi connectivity index (χ2v) is 5.42. The third-order valence-electron chi connectivity index (χ3n) is 1.99. The summed E-state index contributed by atoms with van der Waals surface area (Å²) in [4.78, 5) is 11.3. The van der Waals surface area contributed by atoms with Crippen molar-refractivity contribution in [1.29, 1.82) is 0 Å². The maximum absolute atomic E-state index is 11.9. The maximum atomic E-state index is 11.9. The first-order valence-corrected chi connectivity index (χ1v) is 6.53. The number of thioether (sulfide) groups is 1. The molecule has 1 amide bonds. The van der Waals surface area contributed by atoms with Gasteiger partial charge < -0.3 is 11.1 Å². The number of halogens is 4. The molecule has 0 heterocycles. The molecular weight excluding hydrogens is 333 g/mol. The van der Waals surface area contributed by atoms with Gasteiger partial charge in [0, 0.05) is 4.47 Å². The summed E-state index contributed by atoms with van der Waals surface area (Å²) < 4.78 is 36.4. The molecule has 0 fully saturated rings. The van der Waals surface area contributed by atoms with Gasteiger partial charge >= 0.3 is 5.51 Å². The van der Waals surface area contributed by atoms with Crippen LogP contribution in [0.15, 0.2) is 16.6 Å². The van der Waals surface area contributed by atoms with E-state index in [0.717, 1.165) is 5.56 Å². The van der Waals surface area contributed by atoms with Gasteiger partial charge in [0.15, 0.2) is 0 Å². The minimum Gasteiger partial charge on any atom is -0.397 e. The first kappa shape index (κ1) is 15.2. The Morgan fingerprint density at radius 2 is 2.11 bits per heavy atom. The van der Waals surface area contributed by atoms with Crippen LogP contribution in [0.3, 0.4) is 0 Å². The van der Waals surface area contributed by atoms with E-state index in [9.17, 15) is 18.0 Å². The van der Waals surface area contributed by atoms with E-state index in [0.29, 0.717) is 15.8 Å². The van der Waals surface area contributed by atoms with Crippen molar-refractivity contribution in [2.75, 3.05) is 16.8 Å². The van der Waals surface area contributed by atoms with Crippen LogP contribution in [0.4, 0.5) is 24.5 Å². The first-order chi connectivity index (χ1) is 8.19. The fourth-order valence-corrected chi connectivity index (χ4v) is 2.13. The van der Waals surface area contributed by atoms with Crippen LogP contribution in [-0.4, -0.2) is 17.2 Å². The Labute approximate surface area is 114 Å². The fraction of sp³-hybridized carbons (Fsp3) is 0.300. The van der Waals surface area contributed by atoms with Gasteiger partial charge in [0.2, 0.25) is 5.91 Å². The van der Waals surface area contributed by atoms with Crippen LogP contribution in [-0.2, 0) is 4.79 Å². The average molecular weight is 343 g/mol. The molecule has 18 heavy (non-hydrogen) atoms. The van der Waals surface area contributed by atoms with Crippen molar-refractivity contribution in [3.63, 3.8) is 0 Å². The largest absolute Gasteiger partial charge is 0.442 e. The Balaban J connectivity index is 2.71. The van der Waals surface area contributed by atoms with Crippen molar-refractivity contribution in [3.8, 4) is 0 Å². The molecule has 0 atom stereocenters. The number of aryl methyl sites for hydroxylation is 1. The number of rotatable bonds is 3. The highest BCUT2D eigenvalue weighted by atomic mass is 79.9. The number of benzene rings is 1. The Morgan fingerprint density at radius 1 is 1.50 bits per heavy atom. The molecule has 0 bridgehead atoms. The Morgan fingerprint density at radius 3 is 2.67 bits per heavy atom. The lowest BCUT2D eigenvalue weighted by molar-refractivity contribution is -0.114. The van der Waals surface area contributed by atoms with E-state index >= 15 is 0 Å². The summed E-state index contributed by atoms with van der Waals surface area (Å²) in [7, 11) is 0. The summed E-state index contributed by atoms with van der Waals surface area (Å²) in [5, 5.41) is 2.35. The fourth-order valence-electron chi connectivity index (χ4n) is 1.19. The molecule has 0 spiro atoms. The van der Waals surface area contributed by atoms with Crippen molar-refractivity contribution in [2.24, 2.45) is 0 Å². The highest BCUT2D eigenvalue weighted by molar-refractivity contribution is 9.10. The van der Waals surface area contributed by atoms with Crippen LogP contribution in [0.25, 0.3) is 0 Å². The van der Waals surface area contributed by atoms with E-state index in [2.05, 4.69) is 21.2 Å². The van der Waals surface area contributed by atoms with Gasteiger partial charge in [0.05, 0.1) is 17.1 Å². The summed E-state index contributed by atoms with van der Waals surface area (Å²) in [5.74, 6) is -1.45. The lowest BCUT2D eigenvalue weighted by Gasteiger charge is -2.11. The highest BCUT2D eigenvalue weighted by Gasteiger charge is 2.29. The van der Waals surface area contributed by atoms with Gasteiger partial charge in [-0.1, -0.05) is 15.9 Å². The van der Waals surface area contributed by atoms with E-state index < -0.39 is 17.2 Å². The molecule has 0 radical (unpaired) electrons. The molecule has 1 rings (SSSR count). The summed E-state index contributed by atoms with van der Waals surface area (Å²) in [6, 6.07) is 3.29. The molecule has 1 aromatic carbocycles. The smallest absolute Gasteiger partial charge is 0.397 e. The van der Waals surface area contributed by atoms with Gasteiger partial charge in [-0.05, 0) is 36.4 Å². The van der Waals surface area contributed by atoms with E-state index in [-0.39, 0.29) is 11.8 Å². The first-order valence-electron chi connectivity index (χ1n) is 4.75. The molecule has 0 aromatic heterocycles. The Hall–Kier alpha value is -0.890. The number of carbonyl (C=O) groups excluding carboxylic acids is 1. The zero-order chi connectivity index (χ0) is 13.9. The van der Waals surface area contributed by atoms with Gasteiger partial charge in [-0.15, -0.1) is 0 Å². The highest BCUT2D eigenvalue weighted by Crippen LogP contribution is 2.31. The maximum Gasteiger partial charge on any atom is 0.442 e. The van der Waals surface area contributed by atoms with Crippen molar-refractivity contribution in [3.05, 3.63) is 22.2 Å². The number of nitrogens with two attached hydrogens (primary N) is 1. The predicted octanol–water partition coefficient (Wildman–Crippen LogP) is 3.53. The molecule has 0 unspecified atom stereocenters. The van der Waals surface area contributed by atoms with Crippen molar-refractivity contribution >= 4 is 45.0 Å². The summed E-state index contributed by atoms with van der Waals surface area (Å²) in [6.45, 7) is 1.74. The van der Waals surface area contributed by atoms with E-state index in [4.69, 9.17) is 5.73 Å². The van der Waals surface area contributed by atoms with Crippen LogP contribution >= 0.6 is 27.7 Å². The Bertz CT molecular complexity index is 465. The van der Waals surface area contributed by atoms with E-state index in [1.807, 2.05) is 0 Å². The quantitative estimate of drug-likeness (QED) is 0.826. The van der Waals surface area contributed by atoms with E-state index in [1.54, 1.807) is 19.1 Å². The lowest BCUT2D eigenvalue weighted by atomic mass is 10.2. The SMILES string of the molecule is Cc1cc(Br)cc(NC(=O)CSC(F)(F)F)c1N. The summed E-state index contributed by atoms with van der Waals surface area (Å²) in [6.07, 6.45) is 0. The van der Waals surface area contributed by atoms with Crippen molar-refractivity contribution in [2.45, 2.75) is 12.4 Å². The van der Waals surface area contributed by atoms with Crippen LogP contribution in [0.1, 0.15) is 5.56 Å². The number of amides is 1. The summed E-state index contributed by atoms with van der Waals surface area (Å²) in [5.41, 5.74) is 2.66. The Kier molecular flexibility index (Phi) is 4.92. The predicted molar refractivity (Wildman–Crippen MR) is 70.4 cm³/mol. The number of carbonyl (C=O) groups is 1. The lowest BCUT2D eigenvalue weighted by Crippen LogP contribution is -2.18. The van der Waals surface area contributed by atoms with Gasteiger partial charge in [0.1, 0.15) is 0 Å². The zero-order valence-corrected chi connectivity index (χ0v) is 11.7. The topological polar surface area (TPSA) is 55.1 Å². The molecule has 8 heteroatoms. The standard InChI is InChI=1S/C10H10BrF3N2OS/c1-5-2-6(11)3-7(9(5)15)16-8(17)4-18-10(12,13)14/h2-3H,4,15H2,1H3,(H,16,17). The number of nitrogens with one attached hydrogen (secondary N) is 1. The third kappa shape index (κ3) is 4.77. The van der Waals surface area contributed by atoms with Crippen LogP contribution in [0.5, 0.6) is 0 Å². The number of alkyl halides is 3. The zero-order valence-electron chi connectivity index (χ0n) is 9.27. The second kappa shape index (κ2) is 5.83. The van der Waals surface area contributed by atoms with E-state index in [1.165, 1.54) is 0 Å². The molecule has 0 saturated heterocycles. The molecule has 0 aliphatic heterocycles. The van der Waals surface area contributed by atoms with Gasteiger partial charge in [0.25, 0.3) is 0 Å². The molecule has 0 aliphatic rings.